The summed E-state index contributed by atoms with van der Waals surface area (Å²) >= 11 is 6.98. The molecule has 3 heterocycles. The molecule has 6 nitrogen and oxygen atoms in total. The van der Waals surface area contributed by atoms with Crippen molar-refractivity contribution in [2.24, 2.45) is 5.92 Å². The standard InChI is InChI=1S/C28H40N4O2S2/c1-5-8-13-21(7-3)19-32-27(34)24(36-28(32)35)17-22-20(4)23(18-29)26(33)31(14-6-2)25(22)30-15-11-9-10-12-16-30/h17,21H,5-16,19H2,1-4H3. The highest BCUT2D eigenvalue weighted by Gasteiger charge is 2.34. The Morgan fingerprint density at radius 2 is 1.81 bits per heavy atom. The molecule has 1 unspecified atom stereocenters. The van der Waals surface area contributed by atoms with Crippen LogP contribution in [0.15, 0.2) is 9.70 Å². The van der Waals surface area contributed by atoms with E-state index in [4.69, 9.17) is 12.2 Å². The predicted molar refractivity (Wildman–Crippen MR) is 154 cm³/mol. The van der Waals surface area contributed by atoms with Crippen molar-refractivity contribution < 1.29 is 4.79 Å². The van der Waals surface area contributed by atoms with Gasteiger partial charge >= 0.3 is 0 Å². The third-order valence-electron chi connectivity index (χ3n) is 7.33. The zero-order valence-corrected chi connectivity index (χ0v) is 23.9. The molecule has 2 saturated heterocycles. The molecule has 0 radical (unpaired) electrons. The second-order valence-electron chi connectivity index (χ2n) is 9.92. The third kappa shape index (κ3) is 6.23. The highest BCUT2D eigenvalue weighted by molar-refractivity contribution is 8.26. The Bertz CT molecular complexity index is 1090. The molecule has 8 heteroatoms. The fourth-order valence-corrected chi connectivity index (χ4v) is 6.42. The molecular weight excluding hydrogens is 488 g/mol. The fourth-order valence-electron chi connectivity index (χ4n) is 5.16. The quantitative estimate of drug-likeness (QED) is 0.265. The maximum atomic E-state index is 13.5. The lowest BCUT2D eigenvalue weighted by molar-refractivity contribution is -0.122. The van der Waals surface area contributed by atoms with Crippen LogP contribution in [0, 0.1) is 24.2 Å². The number of carbonyl (C=O) groups excluding carboxylic acids is 1. The number of amides is 1. The Kier molecular flexibility index (Phi) is 10.6. The molecule has 0 saturated carbocycles. The van der Waals surface area contributed by atoms with Gasteiger partial charge in [0.05, 0.1) is 4.91 Å². The maximum absolute atomic E-state index is 13.5. The van der Waals surface area contributed by atoms with E-state index in [1.54, 1.807) is 9.47 Å². The number of unbranched alkanes of at least 4 members (excludes halogenated alkanes) is 1. The Morgan fingerprint density at radius 3 is 2.39 bits per heavy atom. The zero-order chi connectivity index (χ0) is 26.2. The second kappa shape index (κ2) is 13.4. The normalized spacial score (nSPS) is 18.6. The summed E-state index contributed by atoms with van der Waals surface area (Å²) in [5.41, 5.74) is 1.38. The van der Waals surface area contributed by atoms with Gasteiger partial charge in [-0.2, -0.15) is 5.26 Å². The second-order valence-corrected chi connectivity index (χ2v) is 11.6. The highest BCUT2D eigenvalue weighted by Crippen LogP contribution is 2.37. The van der Waals surface area contributed by atoms with Crippen LogP contribution in [-0.4, -0.2) is 39.3 Å². The number of hydrogen-bond donors (Lipinski definition) is 0. The van der Waals surface area contributed by atoms with Gasteiger partial charge in [-0.05, 0) is 50.2 Å². The summed E-state index contributed by atoms with van der Waals surface area (Å²) in [5.74, 6) is 1.21. The van der Waals surface area contributed by atoms with Crippen molar-refractivity contribution in [1.82, 2.24) is 9.47 Å². The molecule has 0 aromatic carbocycles. The van der Waals surface area contributed by atoms with Crippen molar-refractivity contribution in [3.63, 3.8) is 0 Å². The van der Waals surface area contributed by atoms with Gasteiger partial charge in [-0.1, -0.05) is 76.9 Å². The monoisotopic (exact) mass is 528 g/mol. The summed E-state index contributed by atoms with van der Waals surface area (Å²) in [6.07, 6.45) is 11.6. The van der Waals surface area contributed by atoms with Crippen LogP contribution >= 0.6 is 24.0 Å². The zero-order valence-electron chi connectivity index (χ0n) is 22.3. The number of nitrogens with zero attached hydrogens (tertiary/aromatic N) is 4. The average molecular weight is 529 g/mol. The van der Waals surface area contributed by atoms with Gasteiger partial charge in [0.1, 0.15) is 21.8 Å². The molecule has 0 N–H and O–H groups in total. The largest absolute Gasteiger partial charge is 0.357 e. The highest BCUT2D eigenvalue weighted by atomic mass is 32.2. The third-order valence-corrected chi connectivity index (χ3v) is 8.71. The predicted octanol–water partition coefficient (Wildman–Crippen LogP) is 6.24. The van der Waals surface area contributed by atoms with E-state index in [9.17, 15) is 14.9 Å². The first-order valence-electron chi connectivity index (χ1n) is 13.6. The number of hydrogen-bond acceptors (Lipinski definition) is 6. The van der Waals surface area contributed by atoms with Crippen molar-refractivity contribution in [1.29, 1.82) is 5.26 Å². The van der Waals surface area contributed by atoms with E-state index in [-0.39, 0.29) is 17.0 Å². The van der Waals surface area contributed by atoms with E-state index >= 15 is 0 Å². The van der Waals surface area contributed by atoms with Crippen LogP contribution in [0.3, 0.4) is 0 Å². The summed E-state index contributed by atoms with van der Waals surface area (Å²) < 4.78 is 2.36. The van der Waals surface area contributed by atoms with Crippen LogP contribution < -0.4 is 10.5 Å². The molecule has 0 bridgehead atoms. The van der Waals surface area contributed by atoms with Gasteiger partial charge in [0, 0.05) is 31.7 Å². The van der Waals surface area contributed by atoms with Crippen molar-refractivity contribution in [3.8, 4) is 6.07 Å². The van der Waals surface area contributed by atoms with Crippen LogP contribution in [0.2, 0.25) is 0 Å². The number of anilines is 1. The van der Waals surface area contributed by atoms with E-state index in [0.29, 0.717) is 33.8 Å². The van der Waals surface area contributed by atoms with Gasteiger partial charge in [-0.25, -0.2) is 0 Å². The summed E-state index contributed by atoms with van der Waals surface area (Å²) in [6, 6.07) is 2.14. The van der Waals surface area contributed by atoms with E-state index in [1.807, 2.05) is 19.9 Å². The number of nitriles is 1. The minimum Gasteiger partial charge on any atom is -0.357 e. The lowest BCUT2D eigenvalue weighted by Gasteiger charge is -2.29. The molecule has 36 heavy (non-hydrogen) atoms. The number of rotatable bonds is 10. The number of thiocarbonyl (C=S) groups is 1. The number of aromatic nitrogens is 1. The van der Waals surface area contributed by atoms with Crippen molar-refractivity contribution in [3.05, 3.63) is 31.9 Å². The Labute approximate surface area is 225 Å². The molecule has 0 aliphatic carbocycles. The van der Waals surface area contributed by atoms with Gasteiger partial charge in [0.15, 0.2) is 0 Å². The Balaban J connectivity index is 2.10. The Hall–Kier alpha value is -2.11. The maximum Gasteiger partial charge on any atom is 0.270 e. The summed E-state index contributed by atoms with van der Waals surface area (Å²) in [6.45, 7) is 11.2. The first-order chi connectivity index (χ1) is 17.4. The molecule has 2 aliphatic heterocycles. The van der Waals surface area contributed by atoms with Crippen LogP contribution in [-0.2, 0) is 11.3 Å². The average Bonchev–Trinajstić information content (AvgIpc) is 3.04. The van der Waals surface area contributed by atoms with E-state index < -0.39 is 0 Å². The van der Waals surface area contributed by atoms with Crippen molar-refractivity contribution >= 4 is 46.1 Å². The summed E-state index contributed by atoms with van der Waals surface area (Å²) in [5, 5.41) is 9.86. The smallest absolute Gasteiger partial charge is 0.270 e. The first-order valence-corrected chi connectivity index (χ1v) is 14.8. The van der Waals surface area contributed by atoms with Crippen LogP contribution in [0.25, 0.3) is 6.08 Å². The molecule has 0 spiro atoms. The van der Waals surface area contributed by atoms with Crippen LogP contribution in [0.1, 0.15) is 95.2 Å². The molecular formula is C28H40N4O2S2. The van der Waals surface area contributed by atoms with Crippen molar-refractivity contribution in [2.75, 3.05) is 24.5 Å². The number of carbonyl (C=O) groups is 1. The van der Waals surface area contributed by atoms with E-state index in [1.165, 1.54) is 24.6 Å². The molecule has 2 fully saturated rings. The molecule has 2 aliphatic rings. The van der Waals surface area contributed by atoms with Gasteiger partial charge in [-0.3, -0.25) is 19.1 Å². The minimum atomic E-state index is -0.234. The topological polar surface area (TPSA) is 69.3 Å². The van der Waals surface area contributed by atoms with Gasteiger partial charge < -0.3 is 4.90 Å². The summed E-state index contributed by atoms with van der Waals surface area (Å²) in [7, 11) is 0. The lowest BCUT2D eigenvalue weighted by Crippen LogP contribution is -2.35. The van der Waals surface area contributed by atoms with Crippen LogP contribution in [0.4, 0.5) is 5.82 Å². The molecule has 1 aromatic rings. The van der Waals surface area contributed by atoms with Gasteiger partial charge in [0.25, 0.3) is 11.5 Å². The first kappa shape index (κ1) is 28.5. The van der Waals surface area contributed by atoms with Crippen molar-refractivity contribution in [2.45, 2.75) is 92.0 Å². The van der Waals surface area contributed by atoms with E-state index in [2.05, 4.69) is 24.8 Å². The summed E-state index contributed by atoms with van der Waals surface area (Å²) in [4.78, 5) is 31.5. The lowest BCUT2D eigenvalue weighted by atomic mass is 9.99. The van der Waals surface area contributed by atoms with Crippen LogP contribution in [0.5, 0.6) is 0 Å². The fraction of sp³-hybridized carbons (Fsp3) is 0.643. The van der Waals surface area contributed by atoms with Gasteiger partial charge in [-0.15, -0.1) is 0 Å². The molecule has 196 valence electrons. The minimum absolute atomic E-state index is 0.0621. The Morgan fingerprint density at radius 1 is 1.11 bits per heavy atom. The number of thioether (sulfide) groups is 1. The number of pyridine rings is 1. The van der Waals surface area contributed by atoms with E-state index in [0.717, 1.165) is 69.4 Å². The van der Waals surface area contributed by atoms with Gasteiger partial charge in [0.2, 0.25) is 0 Å². The molecule has 1 atom stereocenters. The SMILES string of the molecule is CCCCC(CC)CN1C(=O)C(=Cc2c(C)c(C#N)c(=O)n(CCC)c2N2CCCCCC2)SC1=S. The molecule has 1 amide bonds. The molecule has 1 aromatic heterocycles. The molecule has 3 rings (SSSR count).